The van der Waals surface area contributed by atoms with Gasteiger partial charge in [-0.25, -0.2) is 4.79 Å². The summed E-state index contributed by atoms with van der Waals surface area (Å²) in [4.78, 5) is 37.6. The van der Waals surface area contributed by atoms with Crippen molar-refractivity contribution in [2.75, 3.05) is 19.7 Å². The Morgan fingerprint density at radius 1 is 1.03 bits per heavy atom. The van der Waals surface area contributed by atoms with E-state index >= 15 is 0 Å². The molecule has 0 spiro atoms. The van der Waals surface area contributed by atoms with E-state index in [2.05, 4.69) is 29.6 Å². The van der Waals surface area contributed by atoms with Gasteiger partial charge in [-0.2, -0.15) is 0 Å². The molecule has 0 aromatic heterocycles. The first kappa shape index (κ1) is 24.3. The van der Waals surface area contributed by atoms with Gasteiger partial charge in [0.25, 0.3) is 0 Å². The van der Waals surface area contributed by atoms with Crippen molar-refractivity contribution in [2.45, 2.75) is 45.6 Å². The lowest BCUT2D eigenvalue weighted by Crippen LogP contribution is -2.44. The Kier molecular flexibility index (Phi) is 8.09. The summed E-state index contributed by atoms with van der Waals surface area (Å²) in [6.45, 7) is 6.44. The first-order valence-electron chi connectivity index (χ1n) is 11.4. The van der Waals surface area contributed by atoms with E-state index in [0.29, 0.717) is 6.54 Å². The van der Waals surface area contributed by atoms with Gasteiger partial charge in [0.15, 0.2) is 0 Å². The van der Waals surface area contributed by atoms with Gasteiger partial charge >= 0.3 is 12.1 Å². The number of amides is 2. The predicted octanol–water partition coefficient (Wildman–Crippen LogP) is 4.26. The number of carbonyl (C=O) groups excluding carboxylic acids is 2. The molecule has 0 aliphatic heterocycles. The molecule has 7 heteroatoms. The summed E-state index contributed by atoms with van der Waals surface area (Å²) in [5, 5.41) is 11.7. The minimum atomic E-state index is -0.946. The summed E-state index contributed by atoms with van der Waals surface area (Å²) in [6.07, 6.45) is -0.571. The standard InChI is InChI=1S/C26H32N2O5/c1-4-28(14-13-25(30)31)24(29)15-23(17(2)3)27-26(32)33-16-22-20-11-7-5-9-18(20)19-10-6-8-12-21(19)22/h5-12,17,22-23H,4,13-16H2,1-3H3,(H,27,32)(H,30,31)/t23-/m0/s1. The molecule has 7 nitrogen and oxygen atoms in total. The number of rotatable bonds is 10. The number of fused-ring (bicyclic) bond motifs is 3. The van der Waals surface area contributed by atoms with Crippen molar-refractivity contribution in [1.82, 2.24) is 10.2 Å². The second-order valence-electron chi connectivity index (χ2n) is 8.64. The molecule has 1 aliphatic rings. The van der Waals surface area contributed by atoms with Crippen molar-refractivity contribution in [1.29, 1.82) is 0 Å². The zero-order chi connectivity index (χ0) is 24.0. The van der Waals surface area contributed by atoms with Crippen molar-refractivity contribution in [3.05, 3.63) is 59.7 Å². The molecular weight excluding hydrogens is 420 g/mol. The molecule has 1 atom stereocenters. The molecule has 0 bridgehead atoms. The maximum absolute atomic E-state index is 12.7. The normalized spacial score (nSPS) is 13.2. The largest absolute Gasteiger partial charge is 0.481 e. The zero-order valence-corrected chi connectivity index (χ0v) is 19.4. The molecule has 2 aromatic carbocycles. The van der Waals surface area contributed by atoms with Crippen LogP contribution < -0.4 is 5.32 Å². The van der Waals surface area contributed by atoms with E-state index in [9.17, 15) is 14.4 Å². The van der Waals surface area contributed by atoms with E-state index in [0.717, 1.165) is 22.3 Å². The van der Waals surface area contributed by atoms with Gasteiger partial charge in [0.05, 0.1) is 6.42 Å². The van der Waals surface area contributed by atoms with E-state index in [1.54, 1.807) is 0 Å². The Morgan fingerprint density at radius 3 is 2.12 bits per heavy atom. The van der Waals surface area contributed by atoms with Crippen molar-refractivity contribution in [2.24, 2.45) is 5.92 Å². The van der Waals surface area contributed by atoms with Gasteiger partial charge in [-0.3, -0.25) is 9.59 Å². The first-order valence-corrected chi connectivity index (χ1v) is 11.4. The smallest absolute Gasteiger partial charge is 0.407 e. The number of hydrogen-bond acceptors (Lipinski definition) is 4. The Labute approximate surface area is 194 Å². The van der Waals surface area contributed by atoms with E-state index < -0.39 is 18.1 Å². The molecule has 0 radical (unpaired) electrons. The van der Waals surface area contributed by atoms with E-state index in [1.165, 1.54) is 4.90 Å². The molecular formula is C26H32N2O5. The number of aliphatic carboxylic acids is 1. The molecule has 33 heavy (non-hydrogen) atoms. The third-order valence-electron chi connectivity index (χ3n) is 6.18. The number of hydrogen-bond donors (Lipinski definition) is 2. The maximum Gasteiger partial charge on any atom is 0.407 e. The van der Waals surface area contributed by atoms with Crippen LogP contribution in [0.1, 0.15) is 50.7 Å². The monoisotopic (exact) mass is 452 g/mol. The van der Waals surface area contributed by atoms with Crippen LogP contribution in [-0.4, -0.2) is 53.7 Å². The highest BCUT2D eigenvalue weighted by atomic mass is 16.5. The SMILES string of the molecule is CCN(CCC(=O)O)C(=O)C[C@H](NC(=O)OCC1c2ccccc2-c2ccccc21)C(C)C. The highest BCUT2D eigenvalue weighted by molar-refractivity contribution is 5.80. The lowest BCUT2D eigenvalue weighted by atomic mass is 9.98. The second kappa shape index (κ2) is 11.0. The number of ether oxygens (including phenoxy) is 1. The Bertz CT molecular complexity index is 958. The molecule has 2 N–H and O–H groups in total. The van der Waals surface area contributed by atoms with Crippen molar-refractivity contribution >= 4 is 18.0 Å². The van der Waals surface area contributed by atoms with E-state index in [-0.39, 0.29) is 43.7 Å². The fourth-order valence-electron chi connectivity index (χ4n) is 4.25. The topological polar surface area (TPSA) is 95.9 Å². The molecule has 0 saturated heterocycles. The molecule has 2 amide bonds. The minimum Gasteiger partial charge on any atom is -0.481 e. The third-order valence-corrected chi connectivity index (χ3v) is 6.18. The molecule has 2 aromatic rings. The van der Waals surface area contributed by atoms with Gasteiger partial charge < -0.3 is 20.1 Å². The maximum atomic E-state index is 12.7. The molecule has 3 rings (SSSR count). The van der Waals surface area contributed by atoms with Crippen LogP contribution in [0.3, 0.4) is 0 Å². The quantitative estimate of drug-likeness (QED) is 0.561. The van der Waals surface area contributed by atoms with Crippen LogP contribution in [-0.2, 0) is 14.3 Å². The fourth-order valence-corrected chi connectivity index (χ4v) is 4.25. The van der Waals surface area contributed by atoms with Crippen LogP contribution in [0.4, 0.5) is 4.79 Å². The second-order valence-corrected chi connectivity index (χ2v) is 8.64. The van der Waals surface area contributed by atoms with Gasteiger partial charge in [-0.05, 0) is 35.1 Å². The number of nitrogens with zero attached hydrogens (tertiary/aromatic N) is 1. The van der Waals surface area contributed by atoms with Gasteiger partial charge in [0.2, 0.25) is 5.91 Å². The summed E-state index contributed by atoms with van der Waals surface area (Å²) in [5.74, 6) is -1.16. The number of carbonyl (C=O) groups is 3. The van der Waals surface area contributed by atoms with E-state index in [1.807, 2.05) is 45.0 Å². The van der Waals surface area contributed by atoms with Crippen LogP contribution in [0, 0.1) is 5.92 Å². The fraction of sp³-hybridized carbons (Fsp3) is 0.423. The van der Waals surface area contributed by atoms with Crippen LogP contribution in [0.5, 0.6) is 0 Å². The Hall–Kier alpha value is -3.35. The average molecular weight is 453 g/mol. The van der Waals surface area contributed by atoms with Crippen molar-refractivity contribution < 1.29 is 24.2 Å². The van der Waals surface area contributed by atoms with Crippen molar-refractivity contribution in [3.8, 4) is 11.1 Å². The highest BCUT2D eigenvalue weighted by Crippen LogP contribution is 2.44. The summed E-state index contributed by atoms with van der Waals surface area (Å²) >= 11 is 0. The van der Waals surface area contributed by atoms with Gasteiger partial charge in [-0.1, -0.05) is 62.4 Å². The lowest BCUT2D eigenvalue weighted by Gasteiger charge is -2.26. The number of benzene rings is 2. The number of carboxylic acid groups (broad SMARTS) is 1. The van der Waals surface area contributed by atoms with Crippen molar-refractivity contribution in [3.63, 3.8) is 0 Å². The first-order chi connectivity index (χ1) is 15.8. The summed E-state index contributed by atoms with van der Waals surface area (Å²) < 4.78 is 5.62. The van der Waals surface area contributed by atoms with Gasteiger partial charge in [0.1, 0.15) is 6.61 Å². The molecule has 0 unspecified atom stereocenters. The summed E-state index contributed by atoms with van der Waals surface area (Å²) in [7, 11) is 0. The predicted molar refractivity (Wildman–Crippen MR) is 126 cm³/mol. The zero-order valence-electron chi connectivity index (χ0n) is 19.4. The average Bonchev–Trinajstić information content (AvgIpc) is 3.11. The van der Waals surface area contributed by atoms with Gasteiger partial charge in [-0.15, -0.1) is 0 Å². The Balaban J connectivity index is 1.61. The Morgan fingerprint density at radius 2 is 1.61 bits per heavy atom. The van der Waals surface area contributed by atoms with Crippen LogP contribution in [0.2, 0.25) is 0 Å². The third kappa shape index (κ3) is 5.92. The number of carboxylic acids is 1. The van der Waals surface area contributed by atoms with Gasteiger partial charge in [0, 0.05) is 31.5 Å². The molecule has 1 aliphatic carbocycles. The highest BCUT2D eigenvalue weighted by Gasteiger charge is 2.30. The van der Waals surface area contributed by atoms with Crippen LogP contribution in [0.15, 0.2) is 48.5 Å². The van der Waals surface area contributed by atoms with Crippen LogP contribution >= 0.6 is 0 Å². The van der Waals surface area contributed by atoms with E-state index in [4.69, 9.17) is 9.84 Å². The molecule has 0 fully saturated rings. The molecule has 0 heterocycles. The summed E-state index contributed by atoms with van der Waals surface area (Å²) in [6, 6.07) is 15.9. The summed E-state index contributed by atoms with van der Waals surface area (Å²) in [5.41, 5.74) is 4.60. The number of nitrogens with one attached hydrogen (secondary N) is 1. The minimum absolute atomic E-state index is 0.00705. The van der Waals surface area contributed by atoms with Crippen LogP contribution in [0.25, 0.3) is 11.1 Å². The lowest BCUT2D eigenvalue weighted by molar-refractivity contribution is -0.138. The number of alkyl carbamates (subject to hydrolysis) is 1. The molecule has 176 valence electrons. The molecule has 0 saturated carbocycles.